The molecule has 0 aliphatic heterocycles. The molecular formula is C26H21Cl2NO4. The number of ether oxygens (including phenoxy) is 1. The lowest BCUT2D eigenvalue weighted by Crippen LogP contribution is -2.05. The number of carboxylic acids is 1. The van der Waals surface area contributed by atoms with Gasteiger partial charge in [0, 0.05) is 12.0 Å². The SMILES string of the molecule is CCCc1onc(-c2c(Cl)cccc2Cl)c1COc1ccc(-c2ccccc2)cc1C(=O)O. The molecule has 168 valence electrons. The molecule has 0 amide bonds. The summed E-state index contributed by atoms with van der Waals surface area (Å²) in [5.74, 6) is -0.167. The molecule has 1 aromatic heterocycles. The van der Waals surface area contributed by atoms with E-state index in [-0.39, 0.29) is 17.9 Å². The number of rotatable bonds is 8. The first-order chi connectivity index (χ1) is 16.0. The summed E-state index contributed by atoms with van der Waals surface area (Å²) < 4.78 is 11.6. The van der Waals surface area contributed by atoms with Crippen molar-refractivity contribution in [2.45, 2.75) is 26.4 Å². The Morgan fingerprint density at radius 3 is 2.39 bits per heavy atom. The molecule has 5 nitrogen and oxygen atoms in total. The minimum absolute atomic E-state index is 0.0562. The average molecular weight is 482 g/mol. The molecule has 33 heavy (non-hydrogen) atoms. The second-order valence-electron chi connectivity index (χ2n) is 7.45. The number of nitrogens with zero attached hydrogens (tertiary/aromatic N) is 1. The van der Waals surface area contributed by atoms with Crippen molar-refractivity contribution in [3.63, 3.8) is 0 Å². The Morgan fingerprint density at radius 2 is 1.73 bits per heavy atom. The third kappa shape index (κ3) is 4.90. The summed E-state index contributed by atoms with van der Waals surface area (Å²) in [5, 5.41) is 14.9. The summed E-state index contributed by atoms with van der Waals surface area (Å²) >= 11 is 12.8. The maximum absolute atomic E-state index is 12.0. The van der Waals surface area contributed by atoms with Gasteiger partial charge in [-0.05, 0) is 41.8 Å². The van der Waals surface area contributed by atoms with Gasteiger partial charge in [-0.3, -0.25) is 0 Å². The highest BCUT2D eigenvalue weighted by atomic mass is 35.5. The number of hydrogen-bond acceptors (Lipinski definition) is 4. The molecule has 0 unspecified atom stereocenters. The fourth-order valence-electron chi connectivity index (χ4n) is 3.62. The van der Waals surface area contributed by atoms with Crippen LogP contribution in [0.1, 0.15) is 35.0 Å². The van der Waals surface area contributed by atoms with E-state index in [1.807, 2.05) is 43.3 Å². The Balaban J connectivity index is 1.69. The van der Waals surface area contributed by atoms with Gasteiger partial charge in [-0.2, -0.15) is 0 Å². The van der Waals surface area contributed by atoms with E-state index in [0.717, 1.165) is 17.5 Å². The largest absolute Gasteiger partial charge is 0.488 e. The average Bonchev–Trinajstić information content (AvgIpc) is 3.20. The van der Waals surface area contributed by atoms with Gasteiger partial charge >= 0.3 is 5.97 Å². The van der Waals surface area contributed by atoms with Crippen LogP contribution >= 0.6 is 23.2 Å². The number of aryl methyl sites for hydroxylation is 1. The smallest absolute Gasteiger partial charge is 0.339 e. The first-order valence-corrected chi connectivity index (χ1v) is 11.2. The fraction of sp³-hybridized carbons (Fsp3) is 0.154. The molecule has 3 aromatic carbocycles. The Labute approximate surface area is 201 Å². The highest BCUT2D eigenvalue weighted by molar-refractivity contribution is 6.39. The van der Waals surface area contributed by atoms with Gasteiger partial charge in [-0.25, -0.2) is 4.79 Å². The molecule has 0 saturated heterocycles. The van der Waals surface area contributed by atoms with Crippen LogP contribution in [-0.2, 0) is 13.0 Å². The number of halogens is 2. The molecule has 0 spiro atoms. The topological polar surface area (TPSA) is 72.6 Å². The second-order valence-corrected chi connectivity index (χ2v) is 8.26. The first-order valence-electron chi connectivity index (χ1n) is 10.5. The maximum atomic E-state index is 12.0. The third-order valence-electron chi connectivity index (χ3n) is 5.24. The lowest BCUT2D eigenvalue weighted by atomic mass is 10.0. The Hall–Kier alpha value is -3.28. The van der Waals surface area contributed by atoms with Crippen molar-refractivity contribution in [2.75, 3.05) is 0 Å². The number of carbonyl (C=O) groups is 1. The lowest BCUT2D eigenvalue weighted by molar-refractivity contribution is 0.0692. The van der Waals surface area contributed by atoms with E-state index < -0.39 is 5.97 Å². The zero-order chi connectivity index (χ0) is 23.4. The summed E-state index contributed by atoms with van der Waals surface area (Å²) in [5.41, 5.74) is 3.53. The molecule has 0 aliphatic rings. The van der Waals surface area contributed by atoms with Gasteiger partial charge in [0.25, 0.3) is 0 Å². The monoisotopic (exact) mass is 481 g/mol. The van der Waals surface area contributed by atoms with E-state index in [4.69, 9.17) is 32.5 Å². The van der Waals surface area contributed by atoms with Crippen LogP contribution in [0.3, 0.4) is 0 Å². The van der Waals surface area contributed by atoms with Crippen LogP contribution in [0.2, 0.25) is 10.0 Å². The van der Waals surface area contributed by atoms with Crippen molar-refractivity contribution in [3.05, 3.63) is 93.7 Å². The highest BCUT2D eigenvalue weighted by Gasteiger charge is 2.23. The molecule has 0 saturated carbocycles. The van der Waals surface area contributed by atoms with Gasteiger partial charge in [0.15, 0.2) is 0 Å². The summed E-state index contributed by atoms with van der Waals surface area (Å²) in [7, 11) is 0. The first kappa shape index (κ1) is 22.9. The quantitative estimate of drug-likeness (QED) is 0.281. The van der Waals surface area contributed by atoms with E-state index in [2.05, 4.69) is 5.16 Å². The summed E-state index contributed by atoms with van der Waals surface area (Å²) in [4.78, 5) is 12.0. The van der Waals surface area contributed by atoms with Crippen LogP contribution < -0.4 is 4.74 Å². The molecule has 4 aromatic rings. The van der Waals surface area contributed by atoms with Gasteiger partial charge in [0.2, 0.25) is 0 Å². The standard InChI is InChI=1S/C26H21Cl2NO4/c1-2-7-23-19(25(29-33-23)24-20(27)10-6-11-21(24)28)15-32-22-13-12-17(14-18(22)26(30)31)16-8-4-3-5-9-16/h3-6,8-14H,2,7,15H2,1H3,(H,30,31). The van der Waals surface area contributed by atoms with Gasteiger partial charge in [0.05, 0.1) is 15.6 Å². The molecule has 4 rings (SSSR count). The summed E-state index contributed by atoms with van der Waals surface area (Å²) in [6, 6.07) is 19.9. The normalized spacial score (nSPS) is 10.9. The van der Waals surface area contributed by atoms with Crippen molar-refractivity contribution in [1.29, 1.82) is 0 Å². The number of benzene rings is 3. The predicted molar refractivity (Wildman–Crippen MR) is 129 cm³/mol. The molecule has 0 atom stereocenters. The third-order valence-corrected chi connectivity index (χ3v) is 5.87. The van der Waals surface area contributed by atoms with Crippen LogP contribution in [0.4, 0.5) is 0 Å². The Kier molecular flexibility index (Phi) is 7.02. The Bertz CT molecular complexity index is 1260. The number of hydrogen-bond donors (Lipinski definition) is 1. The van der Waals surface area contributed by atoms with Crippen molar-refractivity contribution in [3.8, 4) is 28.1 Å². The minimum atomic E-state index is -1.07. The van der Waals surface area contributed by atoms with E-state index in [0.29, 0.717) is 39.0 Å². The van der Waals surface area contributed by atoms with Crippen LogP contribution in [0.25, 0.3) is 22.4 Å². The molecule has 1 N–H and O–H groups in total. The molecule has 0 aliphatic carbocycles. The van der Waals surface area contributed by atoms with Crippen LogP contribution in [0.5, 0.6) is 5.75 Å². The summed E-state index contributed by atoms with van der Waals surface area (Å²) in [6.45, 7) is 2.08. The van der Waals surface area contributed by atoms with E-state index in [9.17, 15) is 9.90 Å². The number of aromatic carboxylic acids is 1. The predicted octanol–water partition coefficient (Wildman–Crippen LogP) is 7.55. The number of aromatic nitrogens is 1. The van der Waals surface area contributed by atoms with Gasteiger partial charge in [0.1, 0.15) is 29.4 Å². The van der Waals surface area contributed by atoms with Crippen LogP contribution in [0, 0.1) is 0 Å². The van der Waals surface area contributed by atoms with Crippen molar-refractivity contribution in [1.82, 2.24) is 5.16 Å². The number of carboxylic acid groups (broad SMARTS) is 1. The molecule has 7 heteroatoms. The molecule has 0 radical (unpaired) electrons. The minimum Gasteiger partial charge on any atom is -0.488 e. The zero-order valence-corrected chi connectivity index (χ0v) is 19.4. The van der Waals surface area contributed by atoms with Crippen molar-refractivity contribution < 1.29 is 19.2 Å². The van der Waals surface area contributed by atoms with Crippen LogP contribution in [-0.4, -0.2) is 16.2 Å². The molecule has 1 heterocycles. The fourth-order valence-corrected chi connectivity index (χ4v) is 4.20. The molecular weight excluding hydrogens is 461 g/mol. The van der Waals surface area contributed by atoms with Gasteiger partial charge < -0.3 is 14.4 Å². The highest BCUT2D eigenvalue weighted by Crippen LogP contribution is 2.38. The molecule has 0 fully saturated rings. The lowest BCUT2D eigenvalue weighted by Gasteiger charge is -2.12. The summed E-state index contributed by atoms with van der Waals surface area (Å²) in [6.07, 6.45) is 1.48. The van der Waals surface area contributed by atoms with Gasteiger partial charge in [-0.15, -0.1) is 0 Å². The van der Waals surface area contributed by atoms with E-state index in [1.54, 1.807) is 30.3 Å². The van der Waals surface area contributed by atoms with E-state index >= 15 is 0 Å². The zero-order valence-electron chi connectivity index (χ0n) is 17.8. The Morgan fingerprint density at radius 1 is 1.00 bits per heavy atom. The van der Waals surface area contributed by atoms with Crippen molar-refractivity contribution >= 4 is 29.2 Å². The maximum Gasteiger partial charge on any atom is 0.339 e. The van der Waals surface area contributed by atoms with Gasteiger partial charge in [-0.1, -0.05) is 77.7 Å². The van der Waals surface area contributed by atoms with Crippen molar-refractivity contribution in [2.24, 2.45) is 0 Å². The van der Waals surface area contributed by atoms with Crippen LogP contribution in [0.15, 0.2) is 71.3 Å². The van der Waals surface area contributed by atoms with E-state index in [1.165, 1.54) is 0 Å². The molecule has 0 bridgehead atoms. The second kappa shape index (κ2) is 10.1.